The van der Waals surface area contributed by atoms with Crippen molar-refractivity contribution < 1.29 is 0 Å². The lowest BCUT2D eigenvalue weighted by atomic mass is 10.1. The van der Waals surface area contributed by atoms with Crippen LogP contribution < -0.4 is 5.32 Å². The Kier molecular flexibility index (Phi) is 5.77. The van der Waals surface area contributed by atoms with Gasteiger partial charge in [-0.25, -0.2) is 0 Å². The van der Waals surface area contributed by atoms with Gasteiger partial charge in [0.25, 0.3) is 0 Å². The zero-order chi connectivity index (χ0) is 12.8. The van der Waals surface area contributed by atoms with Gasteiger partial charge >= 0.3 is 0 Å². The molecule has 1 N–H and O–H groups in total. The van der Waals surface area contributed by atoms with Crippen molar-refractivity contribution in [2.45, 2.75) is 19.3 Å². The molecule has 2 nitrogen and oxygen atoms in total. The van der Waals surface area contributed by atoms with Gasteiger partial charge in [0, 0.05) is 36.2 Å². The zero-order valence-corrected chi connectivity index (χ0v) is 12.1. The molecule has 1 aromatic rings. The molecule has 0 aromatic heterocycles. The van der Waals surface area contributed by atoms with E-state index >= 15 is 0 Å². The van der Waals surface area contributed by atoms with Crippen LogP contribution in [0.1, 0.15) is 18.4 Å². The van der Waals surface area contributed by atoms with Gasteiger partial charge in [-0.15, -0.1) is 0 Å². The Morgan fingerprint density at radius 2 is 1.89 bits per heavy atom. The van der Waals surface area contributed by atoms with E-state index in [4.69, 9.17) is 23.2 Å². The maximum atomic E-state index is 6.15. The molecule has 0 saturated carbocycles. The quantitative estimate of drug-likeness (QED) is 0.836. The van der Waals surface area contributed by atoms with Gasteiger partial charge in [0.05, 0.1) is 0 Å². The van der Waals surface area contributed by atoms with E-state index in [-0.39, 0.29) is 0 Å². The third-order valence-electron chi connectivity index (χ3n) is 3.39. The summed E-state index contributed by atoms with van der Waals surface area (Å²) in [7, 11) is 0. The van der Waals surface area contributed by atoms with E-state index in [9.17, 15) is 0 Å². The maximum absolute atomic E-state index is 6.15. The van der Waals surface area contributed by atoms with Crippen LogP contribution in [0.15, 0.2) is 18.2 Å². The van der Waals surface area contributed by atoms with Crippen LogP contribution in [0.4, 0.5) is 0 Å². The first kappa shape index (κ1) is 14.1. The molecule has 0 atom stereocenters. The summed E-state index contributed by atoms with van der Waals surface area (Å²) in [5.74, 6) is 0. The summed E-state index contributed by atoms with van der Waals surface area (Å²) in [5, 5.41) is 4.98. The van der Waals surface area contributed by atoms with Crippen molar-refractivity contribution in [3.05, 3.63) is 33.8 Å². The Balaban J connectivity index is 1.69. The monoisotopic (exact) mass is 286 g/mol. The minimum absolute atomic E-state index is 0.775. The van der Waals surface area contributed by atoms with Gasteiger partial charge in [0.15, 0.2) is 0 Å². The van der Waals surface area contributed by atoms with Crippen molar-refractivity contribution in [3.8, 4) is 0 Å². The number of hydrogen-bond acceptors (Lipinski definition) is 2. The fraction of sp³-hybridized carbons (Fsp3) is 0.571. The highest BCUT2D eigenvalue weighted by Gasteiger charge is 2.08. The van der Waals surface area contributed by atoms with Crippen molar-refractivity contribution >= 4 is 23.2 Å². The molecule has 0 aliphatic carbocycles. The minimum atomic E-state index is 0.775. The summed E-state index contributed by atoms with van der Waals surface area (Å²) in [6, 6.07) is 5.71. The number of unbranched alkanes of at least 4 members (excludes halogenated alkanes) is 1. The summed E-state index contributed by atoms with van der Waals surface area (Å²) in [4.78, 5) is 2.52. The first-order chi connectivity index (χ1) is 8.75. The molecule has 2 rings (SSSR count). The summed E-state index contributed by atoms with van der Waals surface area (Å²) < 4.78 is 0. The highest BCUT2D eigenvalue weighted by molar-refractivity contribution is 6.33. The third kappa shape index (κ3) is 4.43. The Hall–Kier alpha value is -0.280. The Bertz CT molecular complexity index is 376. The van der Waals surface area contributed by atoms with Crippen molar-refractivity contribution in [3.63, 3.8) is 0 Å². The Morgan fingerprint density at radius 3 is 2.67 bits per heavy atom. The molecule has 0 amide bonds. The highest BCUT2D eigenvalue weighted by Crippen LogP contribution is 2.22. The largest absolute Gasteiger partial charge is 0.314 e. The molecule has 0 bridgehead atoms. The average molecular weight is 287 g/mol. The summed E-state index contributed by atoms with van der Waals surface area (Å²) in [6.07, 6.45) is 3.41. The normalized spacial score (nSPS) is 17.0. The molecule has 18 heavy (non-hydrogen) atoms. The molecule has 0 spiro atoms. The van der Waals surface area contributed by atoms with Crippen molar-refractivity contribution in [1.82, 2.24) is 10.2 Å². The van der Waals surface area contributed by atoms with Gasteiger partial charge in [0.2, 0.25) is 0 Å². The molecule has 1 heterocycles. The van der Waals surface area contributed by atoms with Crippen LogP contribution in [0.5, 0.6) is 0 Å². The number of benzene rings is 1. The second-order valence-electron chi connectivity index (χ2n) is 4.78. The molecule has 0 radical (unpaired) electrons. The van der Waals surface area contributed by atoms with Crippen LogP contribution in [0.25, 0.3) is 0 Å². The number of halogens is 2. The highest BCUT2D eigenvalue weighted by atomic mass is 35.5. The lowest BCUT2D eigenvalue weighted by Crippen LogP contribution is -2.43. The number of piperazine rings is 1. The van der Waals surface area contributed by atoms with Crippen LogP contribution >= 0.6 is 23.2 Å². The van der Waals surface area contributed by atoms with E-state index in [0.717, 1.165) is 29.6 Å². The maximum Gasteiger partial charge on any atom is 0.0439 e. The van der Waals surface area contributed by atoms with Gasteiger partial charge in [-0.05, 0) is 49.6 Å². The first-order valence-corrected chi connectivity index (χ1v) is 7.38. The molecular weight excluding hydrogens is 267 g/mol. The molecule has 1 aromatic carbocycles. The number of nitrogens with zero attached hydrogens (tertiary/aromatic N) is 1. The summed E-state index contributed by atoms with van der Waals surface area (Å²) >= 11 is 12.1. The van der Waals surface area contributed by atoms with E-state index in [1.54, 1.807) is 0 Å². The average Bonchev–Trinajstić information content (AvgIpc) is 2.40. The molecule has 4 heteroatoms. The number of rotatable bonds is 5. The molecule has 0 unspecified atom stereocenters. The van der Waals surface area contributed by atoms with Gasteiger partial charge in [0.1, 0.15) is 0 Å². The van der Waals surface area contributed by atoms with Gasteiger partial charge in [-0.1, -0.05) is 23.2 Å². The molecular formula is C14H20Cl2N2. The second-order valence-corrected chi connectivity index (χ2v) is 5.63. The third-order valence-corrected chi connectivity index (χ3v) is 3.99. The molecule has 100 valence electrons. The minimum Gasteiger partial charge on any atom is -0.314 e. The van der Waals surface area contributed by atoms with Crippen LogP contribution in [0.2, 0.25) is 10.0 Å². The fourth-order valence-electron chi connectivity index (χ4n) is 2.32. The summed E-state index contributed by atoms with van der Waals surface area (Å²) in [6.45, 7) is 5.80. The fourth-order valence-corrected chi connectivity index (χ4v) is 2.73. The van der Waals surface area contributed by atoms with E-state index in [1.165, 1.54) is 38.0 Å². The molecule has 1 fully saturated rings. The van der Waals surface area contributed by atoms with E-state index in [0.29, 0.717) is 0 Å². The predicted octanol–water partition coefficient (Wildman–Crippen LogP) is 3.22. The standard InChI is InChI=1S/C14H20Cl2N2/c15-13-4-5-14(16)12(11-13)3-1-2-8-18-9-6-17-7-10-18/h4-5,11,17H,1-3,6-10H2. The van der Waals surface area contributed by atoms with Crippen molar-refractivity contribution in [2.24, 2.45) is 0 Å². The van der Waals surface area contributed by atoms with E-state index < -0.39 is 0 Å². The van der Waals surface area contributed by atoms with E-state index in [1.807, 2.05) is 18.2 Å². The van der Waals surface area contributed by atoms with Crippen molar-refractivity contribution in [1.29, 1.82) is 0 Å². The van der Waals surface area contributed by atoms with Crippen molar-refractivity contribution in [2.75, 3.05) is 32.7 Å². The first-order valence-electron chi connectivity index (χ1n) is 6.63. The van der Waals surface area contributed by atoms with Gasteiger partial charge < -0.3 is 10.2 Å². The molecule has 1 saturated heterocycles. The van der Waals surface area contributed by atoms with E-state index in [2.05, 4.69) is 10.2 Å². The van der Waals surface area contributed by atoms with Gasteiger partial charge in [-0.2, -0.15) is 0 Å². The van der Waals surface area contributed by atoms with Crippen LogP contribution in [-0.4, -0.2) is 37.6 Å². The zero-order valence-electron chi connectivity index (χ0n) is 10.6. The Labute approximate surface area is 119 Å². The van der Waals surface area contributed by atoms with Gasteiger partial charge in [-0.3, -0.25) is 0 Å². The number of hydrogen-bond donors (Lipinski definition) is 1. The van der Waals surface area contributed by atoms with Crippen LogP contribution in [0, 0.1) is 0 Å². The van der Waals surface area contributed by atoms with Crippen LogP contribution in [0.3, 0.4) is 0 Å². The second kappa shape index (κ2) is 7.34. The number of nitrogens with one attached hydrogen (secondary N) is 1. The predicted molar refractivity (Wildman–Crippen MR) is 78.7 cm³/mol. The summed E-state index contributed by atoms with van der Waals surface area (Å²) in [5.41, 5.74) is 1.17. The van der Waals surface area contributed by atoms with Crippen LogP contribution in [-0.2, 0) is 6.42 Å². The lowest BCUT2D eigenvalue weighted by molar-refractivity contribution is 0.237. The number of aryl methyl sites for hydroxylation is 1. The SMILES string of the molecule is Clc1ccc(Cl)c(CCCCN2CCNCC2)c1. The molecule has 1 aliphatic rings. The molecule has 1 aliphatic heterocycles. The topological polar surface area (TPSA) is 15.3 Å². The smallest absolute Gasteiger partial charge is 0.0439 e. The lowest BCUT2D eigenvalue weighted by Gasteiger charge is -2.27. The Morgan fingerprint density at radius 1 is 1.11 bits per heavy atom.